The fourth-order valence-corrected chi connectivity index (χ4v) is 3.33. The van der Waals surface area contributed by atoms with Crippen LogP contribution in [0, 0.1) is 0 Å². The molecule has 4 aromatic carbocycles. The van der Waals surface area contributed by atoms with Crippen LogP contribution in [0.15, 0.2) is 91.1 Å². The first-order chi connectivity index (χ1) is 12.4. The van der Waals surface area contributed by atoms with Crippen molar-refractivity contribution in [2.75, 3.05) is 0 Å². The van der Waals surface area contributed by atoms with Crippen molar-refractivity contribution in [2.24, 2.45) is 0 Å². The molecule has 0 unspecified atom stereocenters. The van der Waals surface area contributed by atoms with E-state index in [4.69, 9.17) is 5.10 Å². The number of hydrogen-bond acceptors (Lipinski definition) is 2. The Kier molecular flexibility index (Phi) is 3.10. The molecule has 1 heterocycles. The molecule has 0 amide bonds. The van der Waals surface area contributed by atoms with Crippen molar-refractivity contribution in [3.8, 4) is 16.9 Å². The van der Waals surface area contributed by atoms with Gasteiger partial charge in [0.15, 0.2) is 0 Å². The Morgan fingerprint density at radius 1 is 0.600 bits per heavy atom. The molecule has 0 spiro atoms. The lowest BCUT2D eigenvalue weighted by atomic mass is 10.0. The quantitative estimate of drug-likeness (QED) is 0.445. The summed E-state index contributed by atoms with van der Waals surface area (Å²) in [5.41, 5.74) is 2.97. The topological polar surface area (TPSA) is 30.7 Å². The van der Waals surface area contributed by atoms with E-state index in [1.165, 1.54) is 16.2 Å². The second kappa shape index (κ2) is 5.56. The van der Waals surface area contributed by atoms with E-state index in [1.54, 1.807) is 4.80 Å². The molecule has 3 heteroatoms. The van der Waals surface area contributed by atoms with Gasteiger partial charge in [-0.2, -0.15) is 9.90 Å². The van der Waals surface area contributed by atoms with Gasteiger partial charge < -0.3 is 0 Å². The molecule has 0 aliphatic carbocycles. The predicted octanol–water partition coefficient (Wildman–Crippen LogP) is 5.24. The van der Waals surface area contributed by atoms with E-state index in [2.05, 4.69) is 71.8 Å². The van der Waals surface area contributed by atoms with Crippen molar-refractivity contribution in [3.05, 3.63) is 91.1 Å². The summed E-state index contributed by atoms with van der Waals surface area (Å²) >= 11 is 0. The van der Waals surface area contributed by atoms with Crippen LogP contribution >= 0.6 is 0 Å². The molecule has 0 saturated heterocycles. The van der Waals surface area contributed by atoms with E-state index in [0.717, 1.165) is 22.3 Å². The average Bonchev–Trinajstić information content (AvgIpc) is 3.17. The molecule has 0 saturated carbocycles. The molecule has 0 atom stereocenters. The van der Waals surface area contributed by atoms with Gasteiger partial charge in [0.1, 0.15) is 5.69 Å². The zero-order valence-corrected chi connectivity index (χ0v) is 13.5. The van der Waals surface area contributed by atoms with Crippen LogP contribution in [0.25, 0.3) is 38.5 Å². The summed E-state index contributed by atoms with van der Waals surface area (Å²) in [6.07, 6.45) is 1.84. The fraction of sp³-hybridized carbons (Fsp3) is 0. The van der Waals surface area contributed by atoms with Crippen LogP contribution in [0.5, 0.6) is 0 Å². The Balaban J connectivity index is 1.69. The van der Waals surface area contributed by atoms with Crippen LogP contribution in [0.3, 0.4) is 0 Å². The van der Waals surface area contributed by atoms with Gasteiger partial charge in [-0.3, -0.25) is 0 Å². The summed E-state index contributed by atoms with van der Waals surface area (Å²) < 4.78 is 0. The minimum Gasteiger partial charge on any atom is -0.156 e. The van der Waals surface area contributed by atoms with Gasteiger partial charge in [0.2, 0.25) is 0 Å². The van der Waals surface area contributed by atoms with E-state index in [1.807, 2.05) is 24.4 Å². The SMILES string of the molecule is c1ccc2c(-c3cnn(-c4cccc5ccccc45)n3)cccc2c1. The normalized spacial score (nSPS) is 11.2. The Morgan fingerprint density at radius 3 is 2.08 bits per heavy atom. The van der Waals surface area contributed by atoms with E-state index < -0.39 is 0 Å². The number of fused-ring (bicyclic) bond motifs is 2. The van der Waals surface area contributed by atoms with Gasteiger partial charge in [-0.15, -0.1) is 5.10 Å². The minimum absolute atomic E-state index is 0.879. The molecule has 0 radical (unpaired) electrons. The molecule has 0 bridgehead atoms. The highest BCUT2D eigenvalue weighted by molar-refractivity contribution is 5.95. The molecule has 5 aromatic rings. The van der Waals surface area contributed by atoms with E-state index >= 15 is 0 Å². The smallest absolute Gasteiger partial charge is 0.114 e. The first kappa shape index (κ1) is 13.9. The molecule has 0 N–H and O–H groups in total. The molecule has 0 fully saturated rings. The van der Waals surface area contributed by atoms with Crippen molar-refractivity contribution in [2.45, 2.75) is 0 Å². The highest BCUT2D eigenvalue weighted by Gasteiger charge is 2.10. The van der Waals surface area contributed by atoms with Crippen molar-refractivity contribution >= 4 is 21.5 Å². The number of aromatic nitrogens is 3. The highest BCUT2D eigenvalue weighted by Crippen LogP contribution is 2.28. The minimum atomic E-state index is 0.879. The Bertz CT molecular complexity index is 1100. The fourth-order valence-electron chi connectivity index (χ4n) is 3.33. The van der Waals surface area contributed by atoms with E-state index in [0.29, 0.717) is 0 Å². The zero-order valence-electron chi connectivity index (χ0n) is 13.5. The molecule has 5 rings (SSSR count). The van der Waals surface area contributed by atoms with Gasteiger partial charge in [0, 0.05) is 10.9 Å². The summed E-state index contributed by atoms with van der Waals surface area (Å²) in [5, 5.41) is 14.0. The van der Waals surface area contributed by atoms with Gasteiger partial charge in [-0.1, -0.05) is 78.9 Å². The molecule has 1 aromatic heterocycles. The number of nitrogens with zero attached hydrogens (tertiary/aromatic N) is 3. The Labute approximate surface area is 145 Å². The summed E-state index contributed by atoms with van der Waals surface area (Å²) in [5.74, 6) is 0. The molecule has 0 aliphatic heterocycles. The maximum absolute atomic E-state index is 4.76. The Morgan fingerprint density at radius 2 is 1.24 bits per heavy atom. The number of hydrogen-bond donors (Lipinski definition) is 0. The number of benzene rings is 4. The summed E-state index contributed by atoms with van der Waals surface area (Å²) in [6.45, 7) is 0. The van der Waals surface area contributed by atoms with Crippen LogP contribution < -0.4 is 0 Å². The monoisotopic (exact) mass is 321 g/mol. The van der Waals surface area contributed by atoms with Gasteiger partial charge in [-0.05, 0) is 22.2 Å². The molecular weight excluding hydrogens is 306 g/mol. The molecule has 118 valence electrons. The molecular formula is C22H15N3. The zero-order chi connectivity index (χ0) is 16.6. The first-order valence-corrected chi connectivity index (χ1v) is 8.29. The summed E-state index contributed by atoms with van der Waals surface area (Å²) in [4.78, 5) is 1.72. The average molecular weight is 321 g/mol. The van der Waals surface area contributed by atoms with Gasteiger partial charge in [0.05, 0.1) is 11.9 Å². The van der Waals surface area contributed by atoms with Crippen molar-refractivity contribution in [3.63, 3.8) is 0 Å². The third-order valence-electron chi connectivity index (χ3n) is 4.54. The maximum Gasteiger partial charge on any atom is 0.114 e. The second-order valence-electron chi connectivity index (χ2n) is 6.04. The highest BCUT2D eigenvalue weighted by atomic mass is 15.5. The number of rotatable bonds is 2. The van der Waals surface area contributed by atoms with Gasteiger partial charge in [-0.25, -0.2) is 0 Å². The van der Waals surface area contributed by atoms with Crippen molar-refractivity contribution in [1.82, 2.24) is 15.0 Å². The lowest BCUT2D eigenvalue weighted by Crippen LogP contribution is -1.99. The van der Waals surface area contributed by atoms with E-state index in [9.17, 15) is 0 Å². The maximum atomic E-state index is 4.76. The van der Waals surface area contributed by atoms with E-state index in [-0.39, 0.29) is 0 Å². The van der Waals surface area contributed by atoms with Crippen molar-refractivity contribution < 1.29 is 0 Å². The van der Waals surface area contributed by atoms with Crippen LogP contribution in [0.4, 0.5) is 0 Å². The van der Waals surface area contributed by atoms with Gasteiger partial charge >= 0.3 is 0 Å². The first-order valence-electron chi connectivity index (χ1n) is 8.29. The molecule has 0 aliphatic rings. The van der Waals surface area contributed by atoms with Crippen LogP contribution in [-0.4, -0.2) is 15.0 Å². The third-order valence-corrected chi connectivity index (χ3v) is 4.54. The predicted molar refractivity (Wildman–Crippen MR) is 102 cm³/mol. The van der Waals surface area contributed by atoms with Crippen LogP contribution in [0.2, 0.25) is 0 Å². The third kappa shape index (κ3) is 2.29. The van der Waals surface area contributed by atoms with Crippen molar-refractivity contribution in [1.29, 1.82) is 0 Å². The Hall–Kier alpha value is -3.46. The molecule has 25 heavy (non-hydrogen) atoms. The lowest BCUT2D eigenvalue weighted by Gasteiger charge is -2.05. The standard InChI is InChI=1S/C22H15N3/c1-3-11-18-16(7-1)9-5-13-20(18)21-15-23-25(24-21)22-14-6-10-17-8-2-4-12-19(17)22/h1-15H. The van der Waals surface area contributed by atoms with Crippen LogP contribution in [-0.2, 0) is 0 Å². The largest absolute Gasteiger partial charge is 0.156 e. The second-order valence-corrected chi connectivity index (χ2v) is 6.04. The van der Waals surface area contributed by atoms with Gasteiger partial charge in [0.25, 0.3) is 0 Å². The lowest BCUT2D eigenvalue weighted by molar-refractivity contribution is 0.759. The summed E-state index contributed by atoms with van der Waals surface area (Å²) in [7, 11) is 0. The molecule has 3 nitrogen and oxygen atoms in total. The van der Waals surface area contributed by atoms with Crippen LogP contribution in [0.1, 0.15) is 0 Å². The summed E-state index contributed by atoms with van der Waals surface area (Å²) in [6, 6.07) is 29.1.